The van der Waals surface area contributed by atoms with Crippen LogP contribution in [0.25, 0.3) is 0 Å². The Morgan fingerprint density at radius 1 is 1.21 bits per heavy atom. The zero-order valence-corrected chi connectivity index (χ0v) is 11.4. The molecule has 0 saturated carbocycles. The number of benzene rings is 1. The number of aliphatic hydroxyl groups is 1. The second-order valence-corrected chi connectivity index (χ2v) is 4.88. The molecular formula is C14H22N2O3. The maximum Gasteiger partial charge on any atom is 0.315 e. The highest BCUT2D eigenvalue weighted by molar-refractivity contribution is 5.73. The summed E-state index contributed by atoms with van der Waals surface area (Å²) in [4.78, 5) is 11.5. The van der Waals surface area contributed by atoms with E-state index in [0.29, 0.717) is 19.5 Å². The number of nitrogens with one attached hydrogen (secondary N) is 2. The van der Waals surface area contributed by atoms with Crippen LogP contribution >= 0.6 is 0 Å². The number of amides is 2. The number of hydrogen-bond donors (Lipinski definition) is 4. The van der Waals surface area contributed by atoms with Gasteiger partial charge in [-0.2, -0.15) is 0 Å². The van der Waals surface area contributed by atoms with Gasteiger partial charge in [-0.05, 0) is 30.0 Å². The fourth-order valence-corrected chi connectivity index (χ4v) is 1.53. The van der Waals surface area contributed by atoms with Gasteiger partial charge in [-0.3, -0.25) is 0 Å². The molecule has 0 radical (unpaired) electrons. The van der Waals surface area contributed by atoms with E-state index in [1.807, 2.05) is 13.8 Å². The van der Waals surface area contributed by atoms with E-state index < -0.39 is 6.10 Å². The summed E-state index contributed by atoms with van der Waals surface area (Å²) in [5.41, 5.74) is 0.912. The zero-order valence-electron chi connectivity index (χ0n) is 11.4. The van der Waals surface area contributed by atoms with Gasteiger partial charge in [0.05, 0.1) is 6.10 Å². The molecule has 1 atom stereocenters. The molecule has 2 amide bonds. The Balaban J connectivity index is 2.19. The van der Waals surface area contributed by atoms with Crippen LogP contribution in [0.15, 0.2) is 24.3 Å². The molecule has 0 saturated heterocycles. The molecule has 0 aromatic heterocycles. The van der Waals surface area contributed by atoms with Crippen molar-refractivity contribution in [2.45, 2.75) is 32.9 Å². The molecule has 5 nitrogen and oxygen atoms in total. The Labute approximate surface area is 113 Å². The van der Waals surface area contributed by atoms with E-state index in [2.05, 4.69) is 10.6 Å². The highest BCUT2D eigenvalue weighted by Gasteiger charge is 2.09. The smallest absolute Gasteiger partial charge is 0.315 e. The molecule has 1 aromatic rings. The molecule has 0 aliphatic carbocycles. The van der Waals surface area contributed by atoms with Crippen LogP contribution in [0.4, 0.5) is 4.79 Å². The summed E-state index contributed by atoms with van der Waals surface area (Å²) < 4.78 is 0. The molecule has 0 aliphatic rings. The van der Waals surface area contributed by atoms with Crippen molar-refractivity contribution in [2.75, 3.05) is 6.54 Å². The minimum absolute atomic E-state index is 0.196. The summed E-state index contributed by atoms with van der Waals surface area (Å²) in [6.07, 6.45) is 0.155. The van der Waals surface area contributed by atoms with Gasteiger partial charge in [-0.1, -0.05) is 26.0 Å². The fraction of sp³-hybridized carbons (Fsp3) is 0.500. The molecule has 1 rings (SSSR count). The van der Waals surface area contributed by atoms with E-state index in [1.54, 1.807) is 24.3 Å². The highest BCUT2D eigenvalue weighted by Crippen LogP contribution is 2.09. The van der Waals surface area contributed by atoms with Gasteiger partial charge < -0.3 is 20.8 Å². The summed E-state index contributed by atoms with van der Waals surface area (Å²) in [5, 5.41) is 24.1. The standard InChI is InChI=1S/C14H22N2O3/c1-10(2)13(18)7-8-15-14(19)16-9-11-3-5-12(17)6-4-11/h3-6,10,13,17-18H,7-9H2,1-2H3,(H2,15,16,19). The van der Waals surface area contributed by atoms with Crippen molar-refractivity contribution >= 4 is 6.03 Å². The first-order valence-corrected chi connectivity index (χ1v) is 6.46. The van der Waals surface area contributed by atoms with Crippen molar-refractivity contribution in [3.63, 3.8) is 0 Å². The second-order valence-electron chi connectivity index (χ2n) is 4.88. The Morgan fingerprint density at radius 2 is 1.84 bits per heavy atom. The van der Waals surface area contributed by atoms with Crippen molar-refractivity contribution in [1.29, 1.82) is 0 Å². The molecule has 0 bridgehead atoms. The van der Waals surface area contributed by atoms with E-state index >= 15 is 0 Å². The Hall–Kier alpha value is -1.75. The highest BCUT2D eigenvalue weighted by atomic mass is 16.3. The maximum atomic E-state index is 11.5. The molecule has 0 fully saturated rings. The van der Waals surface area contributed by atoms with Gasteiger partial charge in [0.15, 0.2) is 0 Å². The van der Waals surface area contributed by atoms with Crippen LogP contribution in [-0.2, 0) is 6.54 Å². The number of rotatable bonds is 6. The van der Waals surface area contributed by atoms with Gasteiger partial charge in [0.2, 0.25) is 0 Å². The van der Waals surface area contributed by atoms with Crippen molar-refractivity contribution < 1.29 is 15.0 Å². The van der Waals surface area contributed by atoms with E-state index in [1.165, 1.54) is 0 Å². The third-order valence-electron chi connectivity index (χ3n) is 2.88. The Kier molecular flexibility index (Phi) is 6.15. The summed E-state index contributed by atoms with van der Waals surface area (Å²) in [7, 11) is 0. The van der Waals surface area contributed by atoms with Gasteiger partial charge in [-0.15, -0.1) is 0 Å². The lowest BCUT2D eigenvalue weighted by atomic mass is 10.0. The molecule has 0 heterocycles. The summed E-state index contributed by atoms with van der Waals surface area (Å²) in [6, 6.07) is 6.39. The molecule has 1 aromatic carbocycles. The van der Waals surface area contributed by atoms with Crippen molar-refractivity contribution in [3.05, 3.63) is 29.8 Å². The SMILES string of the molecule is CC(C)C(O)CCNC(=O)NCc1ccc(O)cc1. The first kappa shape index (κ1) is 15.3. The van der Waals surface area contributed by atoms with Crippen LogP contribution in [0.1, 0.15) is 25.8 Å². The van der Waals surface area contributed by atoms with Crippen LogP contribution in [0, 0.1) is 5.92 Å². The van der Waals surface area contributed by atoms with E-state index in [-0.39, 0.29) is 17.7 Å². The van der Waals surface area contributed by atoms with Crippen molar-refractivity contribution in [2.24, 2.45) is 5.92 Å². The summed E-state index contributed by atoms with van der Waals surface area (Å²) in [5.74, 6) is 0.401. The summed E-state index contributed by atoms with van der Waals surface area (Å²) >= 11 is 0. The zero-order chi connectivity index (χ0) is 14.3. The molecule has 0 aliphatic heterocycles. The Morgan fingerprint density at radius 3 is 2.42 bits per heavy atom. The third kappa shape index (κ3) is 6.10. The molecule has 106 valence electrons. The molecular weight excluding hydrogens is 244 g/mol. The lowest BCUT2D eigenvalue weighted by Crippen LogP contribution is -2.37. The first-order chi connectivity index (χ1) is 8.99. The topological polar surface area (TPSA) is 81.6 Å². The number of hydrogen-bond acceptors (Lipinski definition) is 3. The molecule has 4 N–H and O–H groups in total. The van der Waals surface area contributed by atoms with Crippen molar-refractivity contribution in [1.82, 2.24) is 10.6 Å². The number of urea groups is 1. The largest absolute Gasteiger partial charge is 0.508 e. The third-order valence-corrected chi connectivity index (χ3v) is 2.88. The van der Waals surface area contributed by atoms with Crippen molar-refractivity contribution in [3.8, 4) is 5.75 Å². The van der Waals surface area contributed by atoms with Crippen LogP contribution in [0.3, 0.4) is 0 Å². The Bertz CT molecular complexity index is 390. The predicted molar refractivity (Wildman–Crippen MR) is 73.8 cm³/mol. The van der Waals surface area contributed by atoms with Gasteiger partial charge in [-0.25, -0.2) is 4.79 Å². The number of carbonyl (C=O) groups excluding carboxylic acids is 1. The molecule has 0 spiro atoms. The van der Waals surface area contributed by atoms with E-state index in [4.69, 9.17) is 5.11 Å². The van der Waals surface area contributed by atoms with Crippen LogP contribution in [0.2, 0.25) is 0 Å². The number of carbonyl (C=O) groups is 1. The quantitative estimate of drug-likeness (QED) is 0.631. The number of aliphatic hydroxyl groups excluding tert-OH is 1. The van der Waals surface area contributed by atoms with Gasteiger partial charge >= 0.3 is 6.03 Å². The van der Waals surface area contributed by atoms with Gasteiger partial charge in [0.1, 0.15) is 5.75 Å². The van der Waals surface area contributed by atoms with Gasteiger partial charge in [0, 0.05) is 13.1 Å². The average Bonchev–Trinajstić information content (AvgIpc) is 2.37. The van der Waals surface area contributed by atoms with E-state index in [9.17, 15) is 9.90 Å². The average molecular weight is 266 g/mol. The normalized spacial score (nSPS) is 12.2. The lowest BCUT2D eigenvalue weighted by molar-refractivity contribution is 0.116. The monoisotopic (exact) mass is 266 g/mol. The van der Waals surface area contributed by atoms with Gasteiger partial charge in [0.25, 0.3) is 0 Å². The minimum Gasteiger partial charge on any atom is -0.508 e. The van der Waals surface area contributed by atoms with Crippen LogP contribution in [-0.4, -0.2) is 28.9 Å². The fourth-order valence-electron chi connectivity index (χ4n) is 1.53. The molecule has 5 heteroatoms. The number of phenolic OH excluding ortho intramolecular Hbond substituents is 1. The van der Waals surface area contributed by atoms with E-state index in [0.717, 1.165) is 5.56 Å². The second kappa shape index (κ2) is 7.63. The minimum atomic E-state index is -0.391. The number of aromatic hydroxyl groups is 1. The maximum absolute atomic E-state index is 11.5. The lowest BCUT2D eigenvalue weighted by Gasteiger charge is -2.14. The molecule has 19 heavy (non-hydrogen) atoms. The van der Waals surface area contributed by atoms with Crippen LogP contribution < -0.4 is 10.6 Å². The summed E-state index contributed by atoms with van der Waals surface area (Å²) in [6.45, 7) is 4.73. The predicted octanol–water partition coefficient (Wildman–Crippen LogP) is 1.60. The molecule has 1 unspecified atom stereocenters. The van der Waals surface area contributed by atoms with Crippen LogP contribution in [0.5, 0.6) is 5.75 Å². The first-order valence-electron chi connectivity index (χ1n) is 6.46. The number of phenols is 1.